The maximum absolute atomic E-state index is 15.1. The van der Waals surface area contributed by atoms with Gasteiger partial charge in [0.15, 0.2) is 8.32 Å². The molecular weight excluding hydrogens is 309 g/mol. The van der Waals surface area contributed by atoms with Gasteiger partial charge in [0.2, 0.25) is 5.88 Å². The Labute approximate surface area is 139 Å². The summed E-state index contributed by atoms with van der Waals surface area (Å²) in [6, 6.07) is 3.53. The number of rotatable bonds is 5. The van der Waals surface area contributed by atoms with Gasteiger partial charge in [-0.1, -0.05) is 20.8 Å². The molecule has 5 heteroatoms. The summed E-state index contributed by atoms with van der Waals surface area (Å²) in [5.74, 6) is 0.552. The first-order valence-corrected chi connectivity index (χ1v) is 11.5. The number of nitrogens with zero attached hydrogens (tertiary/aromatic N) is 1. The van der Waals surface area contributed by atoms with E-state index in [-0.39, 0.29) is 17.2 Å². The average Bonchev–Trinajstić information content (AvgIpc) is 3.19. The number of hydrogen-bond donors (Lipinski definition) is 0. The van der Waals surface area contributed by atoms with E-state index in [4.69, 9.17) is 9.16 Å². The molecule has 0 aromatic carbocycles. The first kappa shape index (κ1) is 16.9. The van der Waals surface area contributed by atoms with Gasteiger partial charge in [0.25, 0.3) is 0 Å². The van der Waals surface area contributed by atoms with Crippen molar-refractivity contribution in [1.29, 1.82) is 0 Å². The Bertz CT molecular complexity index is 575. The predicted octanol–water partition coefficient (Wildman–Crippen LogP) is 4.97. The van der Waals surface area contributed by atoms with Crippen molar-refractivity contribution in [3.63, 3.8) is 0 Å². The van der Waals surface area contributed by atoms with Gasteiger partial charge in [-0.15, -0.1) is 0 Å². The fourth-order valence-corrected chi connectivity index (χ4v) is 4.04. The van der Waals surface area contributed by atoms with Crippen LogP contribution < -0.4 is 4.74 Å². The monoisotopic (exact) mass is 337 g/mol. The highest BCUT2D eigenvalue weighted by molar-refractivity contribution is 6.74. The first-order chi connectivity index (χ1) is 10.6. The molecule has 0 atom stereocenters. The van der Waals surface area contributed by atoms with Gasteiger partial charge in [-0.05, 0) is 42.6 Å². The summed E-state index contributed by atoms with van der Waals surface area (Å²) in [6.45, 7) is 11.1. The molecule has 0 bridgehead atoms. The molecule has 3 rings (SSSR count). The average molecular weight is 338 g/mol. The normalized spacial score (nSPS) is 28.3. The van der Waals surface area contributed by atoms with E-state index < -0.39 is 14.0 Å². The van der Waals surface area contributed by atoms with E-state index in [0.29, 0.717) is 24.3 Å². The standard InChI is InChI=1S/C18H28FNO2Si/c1-17(2,3)23(4,5)22-15-11-18(19,12-15)13-8-9-20-16(10-13)21-14-6-7-14/h8-10,14-15H,6-7,11-12H2,1-5H3. The molecular formula is C18H28FNO2Si. The molecule has 0 amide bonds. The van der Waals surface area contributed by atoms with Crippen LogP contribution >= 0.6 is 0 Å². The number of pyridine rings is 1. The molecule has 0 aliphatic heterocycles. The van der Waals surface area contributed by atoms with Crippen molar-refractivity contribution in [2.75, 3.05) is 0 Å². The van der Waals surface area contributed by atoms with Crippen LogP contribution in [0.3, 0.4) is 0 Å². The van der Waals surface area contributed by atoms with Gasteiger partial charge in [0.1, 0.15) is 11.8 Å². The van der Waals surface area contributed by atoms with Crippen molar-refractivity contribution < 1.29 is 13.6 Å². The third-order valence-corrected chi connectivity index (χ3v) is 9.97. The molecule has 3 nitrogen and oxygen atoms in total. The van der Waals surface area contributed by atoms with Crippen LogP contribution in [0.1, 0.15) is 52.0 Å². The second-order valence-corrected chi connectivity index (χ2v) is 13.3. The summed E-state index contributed by atoms with van der Waals surface area (Å²) in [6.07, 6.45) is 4.99. The quantitative estimate of drug-likeness (QED) is 0.711. The number of ether oxygens (including phenoxy) is 1. The van der Waals surface area contributed by atoms with Crippen molar-refractivity contribution in [1.82, 2.24) is 4.98 Å². The maximum atomic E-state index is 15.1. The van der Waals surface area contributed by atoms with Gasteiger partial charge in [-0.2, -0.15) is 0 Å². The largest absolute Gasteiger partial charge is 0.474 e. The molecule has 0 saturated heterocycles. The van der Waals surface area contributed by atoms with E-state index in [2.05, 4.69) is 38.8 Å². The summed E-state index contributed by atoms with van der Waals surface area (Å²) in [5, 5.41) is 0.156. The van der Waals surface area contributed by atoms with Crippen LogP contribution in [0.15, 0.2) is 18.3 Å². The molecule has 1 aromatic heterocycles. The zero-order chi connectivity index (χ0) is 16.9. The predicted molar refractivity (Wildman–Crippen MR) is 92.0 cm³/mol. The summed E-state index contributed by atoms with van der Waals surface area (Å²) in [4.78, 5) is 4.19. The highest BCUT2D eigenvalue weighted by Crippen LogP contribution is 2.50. The van der Waals surface area contributed by atoms with E-state index in [1.54, 1.807) is 18.3 Å². The molecule has 1 aromatic rings. The molecule has 0 spiro atoms. The van der Waals surface area contributed by atoms with Gasteiger partial charge in [-0.25, -0.2) is 9.37 Å². The van der Waals surface area contributed by atoms with Crippen molar-refractivity contribution in [3.8, 4) is 5.88 Å². The van der Waals surface area contributed by atoms with Crippen LogP contribution in [0.5, 0.6) is 5.88 Å². The molecule has 23 heavy (non-hydrogen) atoms. The minimum absolute atomic E-state index is 0.0295. The highest BCUT2D eigenvalue weighted by atomic mass is 28.4. The Morgan fingerprint density at radius 3 is 2.43 bits per heavy atom. The Kier molecular flexibility index (Phi) is 4.08. The van der Waals surface area contributed by atoms with E-state index in [9.17, 15) is 0 Å². The highest BCUT2D eigenvalue weighted by Gasteiger charge is 2.50. The molecule has 1 heterocycles. The van der Waals surface area contributed by atoms with Crippen LogP contribution in [0.4, 0.5) is 4.39 Å². The summed E-state index contributed by atoms with van der Waals surface area (Å²) < 4.78 is 27.1. The molecule has 2 saturated carbocycles. The van der Waals surface area contributed by atoms with Gasteiger partial charge < -0.3 is 9.16 Å². The molecule has 2 aliphatic rings. The number of aromatic nitrogens is 1. The van der Waals surface area contributed by atoms with Crippen LogP contribution in [0.2, 0.25) is 18.1 Å². The van der Waals surface area contributed by atoms with Crippen molar-refractivity contribution in [2.24, 2.45) is 0 Å². The number of halogens is 1. The Morgan fingerprint density at radius 1 is 1.22 bits per heavy atom. The van der Waals surface area contributed by atoms with Crippen LogP contribution in [-0.2, 0) is 10.1 Å². The summed E-state index contributed by atoms with van der Waals surface area (Å²) in [7, 11) is -1.83. The summed E-state index contributed by atoms with van der Waals surface area (Å²) in [5.41, 5.74) is -0.615. The van der Waals surface area contributed by atoms with Crippen molar-refractivity contribution >= 4 is 8.32 Å². The van der Waals surface area contributed by atoms with Crippen LogP contribution in [0.25, 0.3) is 0 Å². The molecule has 0 N–H and O–H groups in total. The number of hydrogen-bond acceptors (Lipinski definition) is 3. The van der Waals surface area contributed by atoms with Gasteiger partial charge >= 0.3 is 0 Å². The fourth-order valence-electron chi connectivity index (χ4n) is 2.68. The van der Waals surface area contributed by atoms with Gasteiger partial charge in [-0.3, -0.25) is 0 Å². The van der Waals surface area contributed by atoms with Crippen molar-refractivity contribution in [2.45, 2.75) is 82.5 Å². The van der Waals surface area contributed by atoms with Crippen molar-refractivity contribution in [3.05, 3.63) is 23.9 Å². The van der Waals surface area contributed by atoms with E-state index in [1.165, 1.54) is 0 Å². The minimum atomic E-state index is -1.83. The second kappa shape index (κ2) is 5.55. The Hall–Kier alpha value is -0.943. The molecule has 128 valence electrons. The fraction of sp³-hybridized carbons (Fsp3) is 0.722. The van der Waals surface area contributed by atoms with Crippen LogP contribution in [0, 0.1) is 0 Å². The second-order valence-electron chi connectivity index (χ2n) is 8.57. The van der Waals surface area contributed by atoms with Gasteiger partial charge in [0.05, 0.1) is 6.10 Å². The third-order valence-electron chi connectivity index (χ3n) is 5.43. The minimum Gasteiger partial charge on any atom is -0.474 e. The van der Waals surface area contributed by atoms with Crippen LogP contribution in [-0.4, -0.2) is 25.5 Å². The molecule has 2 fully saturated rings. The number of alkyl halides is 1. The van der Waals surface area contributed by atoms with Gasteiger partial charge in [0, 0.05) is 25.1 Å². The van der Waals surface area contributed by atoms with E-state index >= 15 is 4.39 Å². The smallest absolute Gasteiger partial charge is 0.213 e. The van der Waals surface area contributed by atoms with E-state index in [0.717, 1.165) is 12.8 Å². The zero-order valence-corrected chi connectivity index (χ0v) is 15.9. The third kappa shape index (κ3) is 3.61. The molecule has 0 unspecified atom stereocenters. The zero-order valence-electron chi connectivity index (χ0n) is 14.9. The van der Waals surface area contributed by atoms with E-state index in [1.807, 2.05) is 0 Å². The first-order valence-electron chi connectivity index (χ1n) is 8.59. The lowest BCUT2D eigenvalue weighted by Gasteiger charge is -2.47. The molecule has 2 aliphatic carbocycles. The Balaban J connectivity index is 1.62. The topological polar surface area (TPSA) is 31.4 Å². The summed E-state index contributed by atoms with van der Waals surface area (Å²) >= 11 is 0. The SMILES string of the molecule is CC(C)(C)[Si](C)(C)OC1CC(F)(c2ccnc(OC3CC3)c2)C1. The lowest BCUT2D eigenvalue weighted by atomic mass is 9.75. The maximum Gasteiger partial charge on any atom is 0.213 e. The Morgan fingerprint density at radius 2 is 1.87 bits per heavy atom. The molecule has 0 radical (unpaired) electrons. The lowest BCUT2D eigenvalue weighted by Crippen LogP contribution is -2.51. The lowest BCUT2D eigenvalue weighted by molar-refractivity contribution is -0.0534.